The molecule has 0 bridgehead atoms. The highest BCUT2D eigenvalue weighted by Gasteiger charge is 2.34. The molecule has 1 aromatic carbocycles. The number of ether oxygens (including phenoxy) is 1. The number of methoxy groups -OCH3 is 1. The van der Waals surface area contributed by atoms with E-state index in [-0.39, 0.29) is 24.5 Å². The lowest BCUT2D eigenvalue weighted by Gasteiger charge is -2.17. The maximum Gasteiger partial charge on any atom is 0.319 e. The quantitative estimate of drug-likeness (QED) is 0.821. The molecule has 108 valence electrons. The minimum atomic E-state index is -0.362. The van der Waals surface area contributed by atoms with Gasteiger partial charge in [0, 0.05) is 6.04 Å². The minimum Gasteiger partial charge on any atom is -0.469 e. The van der Waals surface area contributed by atoms with Crippen molar-refractivity contribution in [1.82, 2.24) is 5.32 Å². The average molecular weight is 297 g/mol. The molecule has 1 aliphatic rings. The molecule has 0 saturated heterocycles. The Labute approximate surface area is 122 Å². The number of hydrogen-bond acceptors (Lipinski definition) is 3. The summed E-state index contributed by atoms with van der Waals surface area (Å²) in [5.41, 5.74) is 0.541. The van der Waals surface area contributed by atoms with Crippen LogP contribution >= 0.6 is 11.6 Å². The number of benzene rings is 1. The van der Waals surface area contributed by atoms with E-state index in [9.17, 15) is 9.59 Å². The summed E-state index contributed by atoms with van der Waals surface area (Å²) < 4.78 is 4.65. The Morgan fingerprint density at radius 1 is 1.40 bits per heavy atom. The highest BCUT2D eigenvalue weighted by atomic mass is 35.5. The standard InChI is InChI=1S/C14H17ClN2O3/c1-20-13(18)8-12(9-6-7-9)17-14(19)16-11-5-3-2-4-10(11)15/h2-5,9,12H,6-8H2,1H3,(H2,16,17,19)/t12-/m0/s1. The molecule has 1 saturated carbocycles. The highest BCUT2D eigenvalue weighted by molar-refractivity contribution is 6.33. The molecule has 2 N–H and O–H groups in total. The third-order valence-corrected chi connectivity index (χ3v) is 3.57. The predicted octanol–water partition coefficient (Wildman–Crippen LogP) is 2.80. The Balaban J connectivity index is 1.91. The third-order valence-electron chi connectivity index (χ3n) is 3.24. The number of hydrogen-bond donors (Lipinski definition) is 2. The van der Waals surface area contributed by atoms with Crippen LogP contribution in [0.1, 0.15) is 19.3 Å². The largest absolute Gasteiger partial charge is 0.469 e. The van der Waals surface area contributed by atoms with Crippen LogP contribution in [-0.2, 0) is 9.53 Å². The average Bonchev–Trinajstić information content (AvgIpc) is 3.25. The molecule has 0 radical (unpaired) electrons. The summed E-state index contributed by atoms with van der Waals surface area (Å²) in [6.45, 7) is 0. The van der Waals surface area contributed by atoms with E-state index < -0.39 is 0 Å². The molecule has 1 aliphatic carbocycles. The highest BCUT2D eigenvalue weighted by Crippen LogP contribution is 2.34. The van der Waals surface area contributed by atoms with Gasteiger partial charge < -0.3 is 15.4 Å². The van der Waals surface area contributed by atoms with Gasteiger partial charge in [-0.3, -0.25) is 4.79 Å². The molecule has 20 heavy (non-hydrogen) atoms. The second kappa shape index (κ2) is 6.61. The van der Waals surface area contributed by atoms with Crippen molar-refractivity contribution in [1.29, 1.82) is 0 Å². The molecule has 1 aromatic rings. The fourth-order valence-electron chi connectivity index (χ4n) is 1.99. The van der Waals surface area contributed by atoms with Crippen LogP contribution in [-0.4, -0.2) is 25.2 Å². The summed E-state index contributed by atoms with van der Waals surface area (Å²) in [6, 6.07) is 6.44. The van der Waals surface area contributed by atoms with Crippen LogP contribution in [0.15, 0.2) is 24.3 Å². The lowest BCUT2D eigenvalue weighted by atomic mass is 10.1. The van der Waals surface area contributed by atoms with Crippen LogP contribution in [0.25, 0.3) is 0 Å². The van der Waals surface area contributed by atoms with Gasteiger partial charge in [0.1, 0.15) is 0 Å². The summed E-state index contributed by atoms with van der Waals surface area (Å²) in [6.07, 6.45) is 2.24. The van der Waals surface area contributed by atoms with Gasteiger partial charge in [-0.2, -0.15) is 0 Å². The van der Waals surface area contributed by atoms with Crippen molar-refractivity contribution in [2.75, 3.05) is 12.4 Å². The van der Waals surface area contributed by atoms with E-state index in [1.807, 2.05) is 0 Å². The molecule has 6 heteroatoms. The van der Waals surface area contributed by atoms with Crippen LogP contribution in [0, 0.1) is 5.92 Å². The fraction of sp³-hybridized carbons (Fsp3) is 0.429. The number of para-hydroxylation sites is 1. The summed E-state index contributed by atoms with van der Waals surface area (Å²) in [5.74, 6) is 0.0334. The van der Waals surface area contributed by atoms with Crippen LogP contribution in [0.5, 0.6) is 0 Å². The Morgan fingerprint density at radius 2 is 2.10 bits per heavy atom. The Morgan fingerprint density at radius 3 is 2.70 bits per heavy atom. The number of halogens is 1. The van der Waals surface area contributed by atoms with Gasteiger partial charge in [0.05, 0.1) is 24.2 Å². The normalized spacial score (nSPS) is 15.3. The molecule has 1 atom stereocenters. The van der Waals surface area contributed by atoms with E-state index in [4.69, 9.17) is 11.6 Å². The molecule has 0 unspecified atom stereocenters. The molecule has 0 spiro atoms. The van der Waals surface area contributed by atoms with Gasteiger partial charge in [-0.1, -0.05) is 23.7 Å². The van der Waals surface area contributed by atoms with Crippen molar-refractivity contribution >= 4 is 29.3 Å². The second-order valence-electron chi connectivity index (χ2n) is 4.80. The zero-order valence-electron chi connectivity index (χ0n) is 11.2. The van der Waals surface area contributed by atoms with Crippen LogP contribution in [0.2, 0.25) is 5.02 Å². The van der Waals surface area contributed by atoms with Crippen LogP contribution in [0.3, 0.4) is 0 Å². The molecule has 0 aliphatic heterocycles. The number of amides is 2. The van der Waals surface area contributed by atoms with Crippen molar-refractivity contribution in [3.8, 4) is 0 Å². The van der Waals surface area contributed by atoms with Crippen molar-refractivity contribution in [2.24, 2.45) is 5.92 Å². The summed E-state index contributed by atoms with van der Waals surface area (Å²) in [5, 5.41) is 5.96. The van der Waals surface area contributed by atoms with E-state index in [1.54, 1.807) is 24.3 Å². The van der Waals surface area contributed by atoms with E-state index in [2.05, 4.69) is 15.4 Å². The van der Waals surface area contributed by atoms with Gasteiger partial charge in [0.2, 0.25) is 0 Å². The number of anilines is 1. The first-order valence-corrected chi connectivity index (χ1v) is 6.87. The number of urea groups is 1. The van der Waals surface area contributed by atoms with Crippen molar-refractivity contribution in [2.45, 2.75) is 25.3 Å². The van der Waals surface area contributed by atoms with Gasteiger partial charge in [0.15, 0.2) is 0 Å². The number of carbonyl (C=O) groups is 2. The Kier molecular flexibility index (Phi) is 4.84. The molecule has 2 amide bonds. The molecule has 0 aromatic heterocycles. The summed E-state index contributed by atoms with van der Waals surface area (Å²) >= 11 is 5.97. The summed E-state index contributed by atoms with van der Waals surface area (Å²) in [7, 11) is 1.34. The first-order valence-electron chi connectivity index (χ1n) is 6.49. The van der Waals surface area contributed by atoms with Gasteiger partial charge >= 0.3 is 12.0 Å². The Bertz CT molecular complexity index is 503. The number of nitrogens with one attached hydrogen (secondary N) is 2. The van der Waals surface area contributed by atoms with E-state index in [1.165, 1.54) is 7.11 Å². The zero-order chi connectivity index (χ0) is 14.5. The zero-order valence-corrected chi connectivity index (χ0v) is 11.9. The van der Waals surface area contributed by atoms with Crippen LogP contribution in [0.4, 0.5) is 10.5 Å². The minimum absolute atomic E-state index is 0.190. The maximum absolute atomic E-state index is 11.9. The Hall–Kier alpha value is -1.75. The second-order valence-corrected chi connectivity index (χ2v) is 5.21. The van der Waals surface area contributed by atoms with Gasteiger partial charge in [0.25, 0.3) is 0 Å². The van der Waals surface area contributed by atoms with Crippen LogP contribution < -0.4 is 10.6 Å². The molecule has 1 fully saturated rings. The van der Waals surface area contributed by atoms with E-state index >= 15 is 0 Å². The summed E-state index contributed by atoms with van der Waals surface area (Å²) in [4.78, 5) is 23.3. The topological polar surface area (TPSA) is 67.4 Å². The molecule has 5 nitrogen and oxygen atoms in total. The van der Waals surface area contributed by atoms with Crippen molar-refractivity contribution < 1.29 is 14.3 Å². The maximum atomic E-state index is 11.9. The molecule has 0 heterocycles. The smallest absolute Gasteiger partial charge is 0.319 e. The van der Waals surface area contributed by atoms with Crippen molar-refractivity contribution in [3.05, 3.63) is 29.3 Å². The van der Waals surface area contributed by atoms with Crippen molar-refractivity contribution in [3.63, 3.8) is 0 Å². The lowest BCUT2D eigenvalue weighted by molar-refractivity contribution is -0.141. The SMILES string of the molecule is COC(=O)C[C@H](NC(=O)Nc1ccccc1Cl)C1CC1. The number of esters is 1. The molecular formula is C14H17ClN2O3. The first-order chi connectivity index (χ1) is 9.60. The predicted molar refractivity (Wildman–Crippen MR) is 76.8 cm³/mol. The molecular weight excluding hydrogens is 280 g/mol. The first kappa shape index (κ1) is 14.7. The van der Waals surface area contributed by atoms with E-state index in [0.717, 1.165) is 12.8 Å². The fourth-order valence-corrected chi connectivity index (χ4v) is 2.17. The number of rotatable bonds is 5. The van der Waals surface area contributed by atoms with Gasteiger partial charge in [-0.25, -0.2) is 4.79 Å². The van der Waals surface area contributed by atoms with Gasteiger partial charge in [-0.05, 0) is 30.9 Å². The third kappa shape index (κ3) is 4.13. The molecule has 2 rings (SSSR count). The monoisotopic (exact) mass is 296 g/mol. The van der Waals surface area contributed by atoms with E-state index in [0.29, 0.717) is 16.6 Å². The number of carbonyl (C=O) groups excluding carboxylic acids is 2. The van der Waals surface area contributed by atoms with Gasteiger partial charge in [-0.15, -0.1) is 0 Å². The lowest BCUT2D eigenvalue weighted by Crippen LogP contribution is -2.40.